The zero-order valence-electron chi connectivity index (χ0n) is 13.1. The molecule has 0 aromatic carbocycles. The minimum absolute atomic E-state index is 0.511. The molecule has 1 aromatic heterocycles. The molecule has 0 saturated carbocycles. The van der Waals surface area contributed by atoms with Crippen molar-refractivity contribution >= 4 is 11.6 Å². The number of aromatic nitrogens is 2. The first-order chi connectivity index (χ1) is 9.67. The molecule has 0 spiro atoms. The summed E-state index contributed by atoms with van der Waals surface area (Å²) in [7, 11) is 4.06. The molecule has 2 heterocycles. The largest absolute Gasteiger partial charge is 0.381 e. The van der Waals surface area contributed by atoms with Crippen molar-refractivity contribution in [2.75, 3.05) is 37.5 Å². The summed E-state index contributed by atoms with van der Waals surface area (Å²) in [6, 6.07) is 0.511. The number of aryl methyl sites for hydroxylation is 1. The maximum Gasteiger partial charge on any atom is 0.137 e. The van der Waals surface area contributed by atoms with Gasteiger partial charge in [-0.15, -0.1) is 0 Å². The summed E-state index contributed by atoms with van der Waals surface area (Å²) in [5.74, 6) is 2.92. The fourth-order valence-electron chi connectivity index (χ4n) is 2.72. The van der Waals surface area contributed by atoms with Crippen molar-refractivity contribution in [2.45, 2.75) is 45.6 Å². The minimum atomic E-state index is 0.511. The number of hydrogen-bond acceptors (Lipinski definition) is 5. The van der Waals surface area contributed by atoms with Gasteiger partial charge in [0.05, 0.1) is 0 Å². The predicted octanol–water partition coefficient (Wildman–Crippen LogP) is 2.39. The Labute approximate surface area is 121 Å². The lowest BCUT2D eigenvalue weighted by Crippen LogP contribution is -2.37. The second-order valence-electron chi connectivity index (χ2n) is 5.39. The van der Waals surface area contributed by atoms with E-state index in [4.69, 9.17) is 9.72 Å². The van der Waals surface area contributed by atoms with Gasteiger partial charge in [0.2, 0.25) is 0 Å². The van der Waals surface area contributed by atoms with Crippen molar-refractivity contribution in [1.82, 2.24) is 9.97 Å². The maximum atomic E-state index is 5.45. The summed E-state index contributed by atoms with van der Waals surface area (Å²) < 4.78 is 5.45. The van der Waals surface area contributed by atoms with Gasteiger partial charge in [-0.05, 0) is 26.2 Å². The van der Waals surface area contributed by atoms with Crippen LogP contribution in [0.1, 0.15) is 37.6 Å². The van der Waals surface area contributed by atoms with Gasteiger partial charge >= 0.3 is 0 Å². The lowest BCUT2D eigenvalue weighted by molar-refractivity contribution is 0.0853. The molecule has 20 heavy (non-hydrogen) atoms. The molecule has 1 N–H and O–H groups in total. The molecule has 0 bridgehead atoms. The van der Waals surface area contributed by atoms with E-state index in [0.29, 0.717) is 6.04 Å². The predicted molar refractivity (Wildman–Crippen MR) is 82.6 cm³/mol. The van der Waals surface area contributed by atoms with E-state index in [1.54, 1.807) is 0 Å². The van der Waals surface area contributed by atoms with Crippen LogP contribution in [0, 0.1) is 6.92 Å². The Kier molecular flexibility index (Phi) is 5.17. The third kappa shape index (κ3) is 3.20. The summed E-state index contributed by atoms with van der Waals surface area (Å²) in [4.78, 5) is 11.7. The van der Waals surface area contributed by atoms with Gasteiger partial charge in [-0.1, -0.05) is 6.92 Å². The van der Waals surface area contributed by atoms with Crippen molar-refractivity contribution in [3.05, 3.63) is 11.4 Å². The van der Waals surface area contributed by atoms with Crippen LogP contribution in [0.2, 0.25) is 0 Å². The number of nitrogens with one attached hydrogen (secondary N) is 1. The van der Waals surface area contributed by atoms with Crippen LogP contribution >= 0.6 is 0 Å². The standard InChI is InChI=1S/C15H26N4O/c1-5-6-13-17-14(16-3)11(2)15(18-13)19(4)12-7-9-20-10-8-12/h12H,5-10H2,1-4H3,(H,16,17,18). The molecule has 1 aromatic rings. The van der Waals surface area contributed by atoms with E-state index in [1.807, 2.05) is 7.05 Å². The maximum absolute atomic E-state index is 5.45. The Bertz CT molecular complexity index is 444. The van der Waals surface area contributed by atoms with Gasteiger partial charge in [0.25, 0.3) is 0 Å². The molecule has 0 amide bonds. The molecule has 0 aliphatic carbocycles. The summed E-state index contributed by atoms with van der Waals surface area (Å²) in [6.45, 7) is 5.94. The molecule has 0 radical (unpaired) electrons. The Morgan fingerprint density at radius 1 is 1.30 bits per heavy atom. The van der Waals surface area contributed by atoms with Crippen LogP contribution in [0.25, 0.3) is 0 Å². The lowest BCUT2D eigenvalue weighted by Gasteiger charge is -2.33. The van der Waals surface area contributed by atoms with E-state index in [9.17, 15) is 0 Å². The topological polar surface area (TPSA) is 50.3 Å². The summed E-state index contributed by atoms with van der Waals surface area (Å²) >= 11 is 0. The molecule has 2 rings (SSSR count). The molecule has 0 unspecified atom stereocenters. The quantitative estimate of drug-likeness (QED) is 0.896. The van der Waals surface area contributed by atoms with Crippen molar-refractivity contribution in [3.8, 4) is 0 Å². The number of hydrogen-bond donors (Lipinski definition) is 1. The highest BCUT2D eigenvalue weighted by Gasteiger charge is 2.22. The highest BCUT2D eigenvalue weighted by Crippen LogP contribution is 2.26. The van der Waals surface area contributed by atoms with Crippen molar-refractivity contribution in [1.29, 1.82) is 0 Å². The van der Waals surface area contributed by atoms with Crippen LogP contribution in [0.3, 0.4) is 0 Å². The Hall–Kier alpha value is -1.36. The average molecular weight is 278 g/mol. The highest BCUT2D eigenvalue weighted by atomic mass is 16.5. The Morgan fingerprint density at radius 2 is 2.00 bits per heavy atom. The second kappa shape index (κ2) is 6.88. The van der Waals surface area contributed by atoms with Crippen LogP contribution in [-0.4, -0.2) is 43.3 Å². The number of rotatable bonds is 5. The molecular weight excluding hydrogens is 252 g/mol. The van der Waals surface area contributed by atoms with Crippen LogP contribution in [0.5, 0.6) is 0 Å². The van der Waals surface area contributed by atoms with E-state index in [0.717, 1.165) is 61.9 Å². The van der Waals surface area contributed by atoms with Crippen molar-refractivity contribution < 1.29 is 4.74 Å². The fraction of sp³-hybridized carbons (Fsp3) is 0.733. The van der Waals surface area contributed by atoms with E-state index >= 15 is 0 Å². The summed E-state index contributed by atoms with van der Waals surface area (Å²) in [5.41, 5.74) is 1.13. The minimum Gasteiger partial charge on any atom is -0.381 e. The van der Waals surface area contributed by atoms with Gasteiger partial charge in [-0.25, -0.2) is 9.97 Å². The monoisotopic (exact) mass is 278 g/mol. The normalized spacial score (nSPS) is 16.2. The molecule has 1 aliphatic heterocycles. The van der Waals surface area contributed by atoms with Crippen LogP contribution in [0.4, 0.5) is 11.6 Å². The van der Waals surface area contributed by atoms with Gasteiger partial charge in [0.1, 0.15) is 17.5 Å². The first-order valence-electron chi connectivity index (χ1n) is 7.53. The van der Waals surface area contributed by atoms with Gasteiger partial charge < -0.3 is 15.0 Å². The van der Waals surface area contributed by atoms with E-state index in [1.165, 1.54) is 0 Å². The SMILES string of the molecule is CCCc1nc(NC)c(C)c(N(C)C2CCOCC2)n1. The average Bonchev–Trinajstić information content (AvgIpc) is 2.49. The smallest absolute Gasteiger partial charge is 0.137 e. The summed E-state index contributed by atoms with van der Waals surface area (Å²) in [6.07, 6.45) is 4.12. The van der Waals surface area contributed by atoms with Crippen LogP contribution in [-0.2, 0) is 11.2 Å². The molecule has 5 heteroatoms. The van der Waals surface area contributed by atoms with E-state index in [-0.39, 0.29) is 0 Å². The molecular formula is C15H26N4O. The third-order valence-electron chi connectivity index (χ3n) is 3.95. The van der Waals surface area contributed by atoms with Crippen LogP contribution < -0.4 is 10.2 Å². The molecule has 112 valence electrons. The van der Waals surface area contributed by atoms with Crippen molar-refractivity contribution in [3.63, 3.8) is 0 Å². The third-order valence-corrected chi connectivity index (χ3v) is 3.95. The van der Waals surface area contributed by atoms with Gasteiger partial charge in [-0.2, -0.15) is 0 Å². The second-order valence-corrected chi connectivity index (χ2v) is 5.39. The fourth-order valence-corrected chi connectivity index (χ4v) is 2.72. The first kappa shape index (κ1) is 15.0. The zero-order valence-corrected chi connectivity index (χ0v) is 13.1. The lowest BCUT2D eigenvalue weighted by atomic mass is 10.1. The molecule has 5 nitrogen and oxygen atoms in total. The number of anilines is 2. The number of nitrogens with zero attached hydrogens (tertiary/aromatic N) is 3. The first-order valence-corrected chi connectivity index (χ1v) is 7.53. The highest BCUT2D eigenvalue weighted by molar-refractivity contribution is 5.58. The van der Waals surface area contributed by atoms with Crippen LogP contribution in [0.15, 0.2) is 0 Å². The van der Waals surface area contributed by atoms with Gasteiger partial charge in [-0.3, -0.25) is 0 Å². The van der Waals surface area contributed by atoms with Gasteiger partial charge in [0, 0.05) is 45.3 Å². The van der Waals surface area contributed by atoms with E-state index in [2.05, 4.69) is 36.1 Å². The molecule has 1 fully saturated rings. The molecule has 1 aliphatic rings. The molecule has 1 saturated heterocycles. The van der Waals surface area contributed by atoms with E-state index < -0.39 is 0 Å². The molecule has 0 atom stereocenters. The zero-order chi connectivity index (χ0) is 14.5. The summed E-state index contributed by atoms with van der Waals surface area (Å²) in [5, 5.41) is 3.19. The Morgan fingerprint density at radius 3 is 2.60 bits per heavy atom. The van der Waals surface area contributed by atoms with Crippen molar-refractivity contribution in [2.24, 2.45) is 0 Å². The number of ether oxygens (including phenoxy) is 1. The van der Waals surface area contributed by atoms with Gasteiger partial charge in [0.15, 0.2) is 0 Å². The Balaban J connectivity index is 2.30.